The first kappa shape index (κ1) is 16.7. The highest BCUT2D eigenvalue weighted by Crippen LogP contribution is 2.07. The molecule has 0 saturated heterocycles. The zero-order chi connectivity index (χ0) is 16.1. The monoisotopic (exact) mass is 299 g/mol. The molecule has 0 aliphatic heterocycles. The van der Waals surface area contributed by atoms with Crippen LogP contribution in [0.1, 0.15) is 11.1 Å². The first-order valence-electron chi connectivity index (χ1n) is 7.04. The van der Waals surface area contributed by atoms with Crippen LogP contribution in [-0.4, -0.2) is 46.3 Å². The SMILES string of the molecule is CN(Cc1ccc(B(O)O)cc1)Cc1ccc(B(O)O)cc1. The van der Waals surface area contributed by atoms with Crippen LogP contribution >= 0.6 is 0 Å². The summed E-state index contributed by atoms with van der Waals surface area (Å²) < 4.78 is 0. The van der Waals surface area contributed by atoms with Gasteiger partial charge in [-0.15, -0.1) is 0 Å². The highest BCUT2D eigenvalue weighted by atomic mass is 16.4. The summed E-state index contributed by atoms with van der Waals surface area (Å²) in [5.41, 5.74) is 3.11. The summed E-state index contributed by atoms with van der Waals surface area (Å²) in [5, 5.41) is 36.2. The van der Waals surface area contributed by atoms with E-state index in [0.717, 1.165) is 24.2 Å². The van der Waals surface area contributed by atoms with E-state index in [4.69, 9.17) is 20.1 Å². The van der Waals surface area contributed by atoms with Crippen LogP contribution in [0.3, 0.4) is 0 Å². The first-order chi connectivity index (χ1) is 10.5. The molecule has 0 aromatic heterocycles. The highest BCUT2D eigenvalue weighted by molar-refractivity contribution is 6.58. The van der Waals surface area contributed by atoms with Crippen molar-refractivity contribution in [2.45, 2.75) is 13.1 Å². The lowest BCUT2D eigenvalue weighted by atomic mass is 9.80. The summed E-state index contributed by atoms with van der Waals surface area (Å²) >= 11 is 0. The lowest BCUT2D eigenvalue weighted by Gasteiger charge is -2.17. The Hall–Kier alpha value is -1.63. The molecule has 7 heteroatoms. The Labute approximate surface area is 130 Å². The van der Waals surface area contributed by atoms with Crippen molar-refractivity contribution in [3.8, 4) is 0 Å². The van der Waals surface area contributed by atoms with Crippen molar-refractivity contribution in [3.63, 3.8) is 0 Å². The average molecular weight is 299 g/mol. The van der Waals surface area contributed by atoms with Gasteiger partial charge in [0.15, 0.2) is 0 Å². The zero-order valence-electron chi connectivity index (χ0n) is 12.4. The maximum atomic E-state index is 9.06. The third-order valence-electron chi connectivity index (χ3n) is 3.46. The predicted molar refractivity (Wildman–Crippen MR) is 87.7 cm³/mol. The van der Waals surface area contributed by atoms with Gasteiger partial charge in [0.2, 0.25) is 0 Å². The molecule has 114 valence electrons. The maximum Gasteiger partial charge on any atom is 0.488 e. The predicted octanol–water partition coefficient (Wildman–Crippen LogP) is -1.32. The molecule has 0 aliphatic carbocycles. The maximum absolute atomic E-state index is 9.06. The van der Waals surface area contributed by atoms with Gasteiger partial charge in [-0.05, 0) is 29.1 Å². The Kier molecular flexibility index (Phi) is 5.76. The van der Waals surface area contributed by atoms with Crippen LogP contribution in [0.5, 0.6) is 0 Å². The largest absolute Gasteiger partial charge is 0.488 e. The van der Waals surface area contributed by atoms with E-state index in [9.17, 15) is 0 Å². The van der Waals surface area contributed by atoms with Gasteiger partial charge in [-0.1, -0.05) is 48.5 Å². The number of hydrogen-bond acceptors (Lipinski definition) is 5. The molecule has 0 atom stereocenters. The minimum atomic E-state index is -1.44. The Morgan fingerprint density at radius 2 is 1.00 bits per heavy atom. The molecular weight excluding hydrogens is 280 g/mol. The van der Waals surface area contributed by atoms with Crippen molar-refractivity contribution >= 4 is 25.2 Å². The number of nitrogens with zero attached hydrogens (tertiary/aromatic N) is 1. The number of rotatable bonds is 6. The molecule has 0 unspecified atom stereocenters. The van der Waals surface area contributed by atoms with Crippen LogP contribution < -0.4 is 10.9 Å². The summed E-state index contributed by atoms with van der Waals surface area (Å²) in [6, 6.07) is 14.3. The third kappa shape index (κ3) is 4.69. The van der Waals surface area contributed by atoms with Crippen molar-refractivity contribution in [3.05, 3.63) is 59.7 Å². The minimum Gasteiger partial charge on any atom is -0.423 e. The van der Waals surface area contributed by atoms with Crippen molar-refractivity contribution in [2.24, 2.45) is 0 Å². The lowest BCUT2D eigenvalue weighted by molar-refractivity contribution is 0.319. The van der Waals surface area contributed by atoms with E-state index in [-0.39, 0.29) is 0 Å². The summed E-state index contributed by atoms with van der Waals surface area (Å²) in [6.45, 7) is 1.46. The molecule has 0 fully saturated rings. The van der Waals surface area contributed by atoms with Crippen molar-refractivity contribution in [2.75, 3.05) is 7.05 Å². The van der Waals surface area contributed by atoms with Crippen LogP contribution in [-0.2, 0) is 13.1 Å². The quantitative estimate of drug-likeness (QED) is 0.497. The fourth-order valence-electron chi connectivity index (χ4n) is 2.27. The standard InChI is InChI=1S/C15H19B2NO4/c1-18(10-12-2-6-14(7-3-12)16(19)20)11-13-4-8-15(9-5-13)17(21)22/h2-9,19-22H,10-11H2,1H3. The summed E-state index contributed by atoms with van der Waals surface area (Å²) in [5.74, 6) is 0. The Morgan fingerprint density at radius 3 is 1.27 bits per heavy atom. The second-order valence-corrected chi connectivity index (χ2v) is 5.40. The normalized spacial score (nSPS) is 10.8. The van der Waals surface area contributed by atoms with Gasteiger partial charge in [-0.25, -0.2) is 0 Å². The van der Waals surface area contributed by atoms with Gasteiger partial charge in [-0.2, -0.15) is 0 Å². The first-order valence-corrected chi connectivity index (χ1v) is 7.04. The summed E-state index contributed by atoms with van der Waals surface area (Å²) in [4.78, 5) is 2.12. The van der Waals surface area contributed by atoms with Gasteiger partial charge in [-0.3, -0.25) is 4.90 Å². The van der Waals surface area contributed by atoms with E-state index in [2.05, 4.69) is 4.90 Å². The van der Waals surface area contributed by atoms with Crippen LogP contribution in [0.2, 0.25) is 0 Å². The second-order valence-electron chi connectivity index (χ2n) is 5.40. The van der Waals surface area contributed by atoms with E-state index in [0.29, 0.717) is 10.9 Å². The second kappa shape index (κ2) is 7.58. The average Bonchev–Trinajstić information content (AvgIpc) is 2.48. The van der Waals surface area contributed by atoms with Gasteiger partial charge >= 0.3 is 14.2 Å². The van der Waals surface area contributed by atoms with Gasteiger partial charge in [0.1, 0.15) is 0 Å². The van der Waals surface area contributed by atoms with Crippen molar-refractivity contribution in [1.82, 2.24) is 4.90 Å². The number of hydrogen-bond donors (Lipinski definition) is 4. The van der Waals surface area contributed by atoms with Gasteiger partial charge in [0.25, 0.3) is 0 Å². The zero-order valence-corrected chi connectivity index (χ0v) is 12.4. The van der Waals surface area contributed by atoms with Crippen molar-refractivity contribution < 1.29 is 20.1 Å². The molecule has 4 N–H and O–H groups in total. The van der Waals surface area contributed by atoms with E-state index >= 15 is 0 Å². The van der Waals surface area contributed by atoms with E-state index < -0.39 is 14.2 Å². The topological polar surface area (TPSA) is 84.2 Å². The molecule has 0 aliphatic rings. The Morgan fingerprint density at radius 1 is 0.682 bits per heavy atom. The molecule has 0 heterocycles. The lowest BCUT2D eigenvalue weighted by Crippen LogP contribution is -2.30. The Balaban J connectivity index is 1.93. The van der Waals surface area contributed by atoms with Crippen LogP contribution in [0.4, 0.5) is 0 Å². The molecular formula is C15H19B2NO4. The van der Waals surface area contributed by atoms with Gasteiger partial charge in [0.05, 0.1) is 0 Å². The van der Waals surface area contributed by atoms with E-state index in [1.165, 1.54) is 0 Å². The highest BCUT2D eigenvalue weighted by Gasteiger charge is 2.11. The number of benzene rings is 2. The fourth-order valence-corrected chi connectivity index (χ4v) is 2.27. The van der Waals surface area contributed by atoms with Crippen LogP contribution in [0.25, 0.3) is 0 Å². The van der Waals surface area contributed by atoms with Gasteiger partial charge in [0, 0.05) is 13.1 Å². The molecule has 0 amide bonds. The molecule has 0 bridgehead atoms. The molecule has 0 spiro atoms. The van der Waals surface area contributed by atoms with Crippen LogP contribution in [0.15, 0.2) is 48.5 Å². The van der Waals surface area contributed by atoms with E-state index in [1.54, 1.807) is 24.3 Å². The van der Waals surface area contributed by atoms with E-state index in [1.807, 2.05) is 31.3 Å². The molecule has 22 heavy (non-hydrogen) atoms. The summed E-state index contributed by atoms with van der Waals surface area (Å²) in [7, 11) is -0.886. The molecule has 2 aromatic rings. The summed E-state index contributed by atoms with van der Waals surface area (Å²) in [6.07, 6.45) is 0. The molecule has 0 saturated carbocycles. The minimum absolute atomic E-state index is 0.476. The Bertz CT molecular complexity index is 534. The van der Waals surface area contributed by atoms with Crippen LogP contribution in [0, 0.1) is 0 Å². The van der Waals surface area contributed by atoms with Gasteiger partial charge < -0.3 is 20.1 Å². The molecule has 5 nitrogen and oxygen atoms in total. The fraction of sp³-hybridized carbons (Fsp3) is 0.200. The van der Waals surface area contributed by atoms with Crippen molar-refractivity contribution in [1.29, 1.82) is 0 Å². The molecule has 0 radical (unpaired) electrons. The smallest absolute Gasteiger partial charge is 0.423 e. The third-order valence-corrected chi connectivity index (χ3v) is 3.46. The molecule has 2 aromatic carbocycles. The molecule has 2 rings (SSSR count).